The Kier molecular flexibility index (Phi) is 5.62. The van der Waals surface area contributed by atoms with Crippen molar-refractivity contribution >= 4 is 21.7 Å². The van der Waals surface area contributed by atoms with Crippen LogP contribution >= 0.6 is 0 Å². The van der Waals surface area contributed by atoms with Gasteiger partial charge in [-0.25, -0.2) is 0 Å². The van der Waals surface area contributed by atoms with E-state index < -0.39 is 0 Å². The zero-order valence-electron chi connectivity index (χ0n) is 20.0. The minimum atomic E-state index is -0.0796. The summed E-state index contributed by atoms with van der Waals surface area (Å²) in [5.41, 5.74) is 2.18. The highest BCUT2D eigenvalue weighted by Crippen LogP contribution is 2.45. The molecule has 34 heavy (non-hydrogen) atoms. The lowest BCUT2D eigenvalue weighted by Crippen LogP contribution is -2.56. The number of hydrogen-bond donors (Lipinski definition) is 0. The number of benzene rings is 3. The smallest absolute Gasteiger partial charge is 0.140 e. The molecular formula is C30H32N2O2. The Morgan fingerprint density at radius 2 is 1.91 bits per heavy atom. The van der Waals surface area contributed by atoms with Gasteiger partial charge in [0.2, 0.25) is 0 Å². The first kappa shape index (κ1) is 21.4. The molecule has 1 aromatic heterocycles. The van der Waals surface area contributed by atoms with E-state index in [9.17, 15) is 0 Å². The van der Waals surface area contributed by atoms with E-state index >= 15 is 0 Å². The lowest BCUT2D eigenvalue weighted by atomic mass is 9.72. The standard InChI is InChI=1S/C30H32N2O2/c1-3-20-19-32-16-14-22(20)17-28(32)30(34-29-10-6-8-21-7-4-5-9-24(21)29)25-13-15-31-27-12-11-23(33-2)18-26(25)27/h4-13,15,18,20,22,28,30H,3,14,16-17,19H2,1-2H3/t20-,22-,28-,30+/m0/s1. The molecule has 4 heterocycles. The summed E-state index contributed by atoms with van der Waals surface area (Å²) >= 11 is 0. The molecule has 4 heteroatoms. The highest BCUT2D eigenvalue weighted by atomic mass is 16.5. The number of aromatic nitrogens is 1. The fraction of sp³-hybridized carbons (Fsp3) is 0.367. The van der Waals surface area contributed by atoms with Crippen LogP contribution < -0.4 is 9.47 Å². The Hall–Kier alpha value is -3.11. The van der Waals surface area contributed by atoms with E-state index in [0.717, 1.165) is 46.2 Å². The second-order valence-electron chi connectivity index (χ2n) is 9.81. The van der Waals surface area contributed by atoms with Gasteiger partial charge in [-0.05, 0) is 66.9 Å². The van der Waals surface area contributed by atoms with Crippen molar-refractivity contribution < 1.29 is 9.47 Å². The van der Waals surface area contributed by atoms with Gasteiger partial charge in [0.25, 0.3) is 0 Å². The van der Waals surface area contributed by atoms with Crippen LogP contribution in [0.25, 0.3) is 21.7 Å². The molecule has 0 N–H and O–H groups in total. The van der Waals surface area contributed by atoms with Crippen molar-refractivity contribution in [3.63, 3.8) is 0 Å². The van der Waals surface area contributed by atoms with Crippen molar-refractivity contribution in [2.45, 2.75) is 38.3 Å². The molecule has 4 nitrogen and oxygen atoms in total. The second-order valence-corrected chi connectivity index (χ2v) is 9.81. The summed E-state index contributed by atoms with van der Waals surface area (Å²) in [6.45, 7) is 4.68. The van der Waals surface area contributed by atoms with E-state index in [4.69, 9.17) is 9.47 Å². The molecule has 7 rings (SSSR count). The van der Waals surface area contributed by atoms with Crippen LogP contribution in [0.3, 0.4) is 0 Å². The van der Waals surface area contributed by atoms with Crippen molar-refractivity contribution in [3.05, 3.63) is 78.5 Å². The highest BCUT2D eigenvalue weighted by Gasteiger charge is 2.44. The molecule has 3 saturated heterocycles. The van der Waals surface area contributed by atoms with Crippen molar-refractivity contribution in [2.75, 3.05) is 20.2 Å². The summed E-state index contributed by atoms with van der Waals surface area (Å²) in [5.74, 6) is 3.38. The first-order valence-corrected chi connectivity index (χ1v) is 12.6. The molecule has 0 saturated carbocycles. The van der Waals surface area contributed by atoms with Crippen molar-refractivity contribution in [1.82, 2.24) is 9.88 Å². The van der Waals surface area contributed by atoms with Gasteiger partial charge in [-0.15, -0.1) is 0 Å². The van der Waals surface area contributed by atoms with Crippen LogP contribution in [0.1, 0.15) is 37.9 Å². The van der Waals surface area contributed by atoms with Gasteiger partial charge in [0.05, 0.1) is 18.7 Å². The van der Waals surface area contributed by atoms with Gasteiger partial charge in [0.1, 0.15) is 17.6 Å². The Morgan fingerprint density at radius 3 is 2.74 bits per heavy atom. The number of rotatable bonds is 6. The predicted molar refractivity (Wildman–Crippen MR) is 137 cm³/mol. The molecule has 3 aliphatic rings. The van der Waals surface area contributed by atoms with E-state index in [1.807, 2.05) is 18.3 Å². The number of nitrogens with zero attached hydrogens (tertiary/aromatic N) is 2. The lowest BCUT2D eigenvalue weighted by molar-refractivity contribution is -0.0480. The molecule has 3 aromatic carbocycles. The summed E-state index contributed by atoms with van der Waals surface area (Å²) in [5, 5.41) is 3.48. The van der Waals surface area contributed by atoms with Crippen LogP contribution in [0, 0.1) is 11.8 Å². The van der Waals surface area contributed by atoms with E-state index in [1.165, 1.54) is 36.8 Å². The SMILES string of the molecule is CC[C@H]1CN2CC[C@H]1C[C@H]2[C@H](Oc1cccc2ccccc12)c1ccnc2ccc(OC)cc12. The Bertz CT molecular complexity index is 1310. The molecule has 5 atom stereocenters. The normalized spacial score (nSPS) is 24.9. The molecule has 0 amide bonds. The average molecular weight is 453 g/mol. The first-order valence-electron chi connectivity index (χ1n) is 12.6. The van der Waals surface area contributed by atoms with Crippen LogP contribution in [0.15, 0.2) is 72.9 Å². The highest BCUT2D eigenvalue weighted by molar-refractivity contribution is 5.88. The molecule has 2 bridgehead atoms. The fourth-order valence-corrected chi connectivity index (χ4v) is 6.26. The molecule has 0 radical (unpaired) electrons. The largest absolute Gasteiger partial charge is 0.497 e. The van der Waals surface area contributed by atoms with Crippen LogP contribution in [-0.2, 0) is 0 Å². The third kappa shape index (κ3) is 3.70. The molecule has 0 spiro atoms. The summed E-state index contributed by atoms with van der Waals surface area (Å²) < 4.78 is 12.6. The molecule has 174 valence electrons. The summed E-state index contributed by atoms with van der Waals surface area (Å²) in [6.07, 6.45) is 5.60. The van der Waals surface area contributed by atoms with Gasteiger partial charge in [-0.3, -0.25) is 9.88 Å². The Labute approximate surface area is 201 Å². The van der Waals surface area contributed by atoms with Gasteiger partial charge in [-0.2, -0.15) is 0 Å². The summed E-state index contributed by atoms with van der Waals surface area (Å²) in [4.78, 5) is 7.34. The molecule has 3 aliphatic heterocycles. The molecule has 0 aliphatic carbocycles. The quantitative estimate of drug-likeness (QED) is 0.329. The second kappa shape index (κ2) is 8.92. The number of hydrogen-bond acceptors (Lipinski definition) is 4. The lowest BCUT2D eigenvalue weighted by Gasteiger charge is -2.52. The summed E-state index contributed by atoms with van der Waals surface area (Å²) in [7, 11) is 1.72. The topological polar surface area (TPSA) is 34.6 Å². The van der Waals surface area contributed by atoms with E-state index in [2.05, 4.69) is 71.4 Å². The minimum Gasteiger partial charge on any atom is -0.497 e. The zero-order chi connectivity index (χ0) is 23.1. The average Bonchev–Trinajstić information content (AvgIpc) is 2.91. The third-order valence-electron chi connectivity index (χ3n) is 8.10. The maximum absolute atomic E-state index is 7.05. The zero-order valence-corrected chi connectivity index (χ0v) is 20.0. The van der Waals surface area contributed by atoms with Gasteiger partial charge >= 0.3 is 0 Å². The van der Waals surface area contributed by atoms with Crippen LogP contribution in [0.2, 0.25) is 0 Å². The third-order valence-corrected chi connectivity index (χ3v) is 8.10. The molecule has 3 fully saturated rings. The fourth-order valence-electron chi connectivity index (χ4n) is 6.26. The van der Waals surface area contributed by atoms with Crippen LogP contribution in [-0.4, -0.2) is 36.1 Å². The van der Waals surface area contributed by atoms with Gasteiger partial charge in [-0.1, -0.05) is 49.7 Å². The first-order chi connectivity index (χ1) is 16.7. The van der Waals surface area contributed by atoms with Crippen molar-refractivity contribution in [1.29, 1.82) is 0 Å². The van der Waals surface area contributed by atoms with Gasteiger partial charge in [0, 0.05) is 29.1 Å². The van der Waals surface area contributed by atoms with E-state index in [1.54, 1.807) is 7.11 Å². The summed E-state index contributed by atoms with van der Waals surface area (Å²) in [6, 6.07) is 23.5. The minimum absolute atomic E-state index is 0.0796. The maximum Gasteiger partial charge on any atom is 0.140 e. The number of pyridine rings is 1. The molecule has 4 aromatic rings. The van der Waals surface area contributed by atoms with Crippen molar-refractivity contribution in [2.24, 2.45) is 11.8 Å². The van der Waals surface area contributed by atoms with E-state index in [0.29, 0.717) is 6.04 Å². The van der Waals surface area contributed by atoms with Crippen molar-refractivity contribution in [3.8, 4) is 11.5 Å². The molecular weight excluding hydrogens is 420 g/mol. The Morgan fingerprint density at radius 1 is 1.03 bits per heavy atom. The van der Waals surface area contributed by atoms with E-state index in [-0.39, 0.29) is 6.10 Å². The number of methoxy groups -OCH3 is 1. The molecule has 1 unspecified atom stereocenters. The number of piperidine rings is 3. The van der Waals surface area contributed by atoms with Gasteiger partial charge < -0.3 is 9.47 Å². The maximum atomic E-state index is 7.05. The van der Waals surface area contributed by atoms with Gasteiger partial charge in [0.15, 0.2) is 0 Å². The Balaban J connectivity index is 1.48. The number of ether oxygens (including phenoxy) is 2. The number of fused-ring (bicyclic) bond motifs is 5. The predicted octanol–water partition coefficient (Wildman–Crippen LogP) is 6.64. The van der Waals surface area contributed by atoms with Crippen LogP contribution in [0.5, 0.6) is 11.5 Å². The monoisotopic (exact) mass is 452 g/mol. The van der Waals surface area contributed by atoms with Crippen LogP contribution in [0.4, 0.5) is 0 Å².